The maximum atomic E-state index is 9.37. The largest absolute Gasteiger partial charge is 0.506 e. The van der Waals surface area contributed by atoms with E-state index in [0.29, 0.717) is 23.5 Å². The molecule has 1 fully saturated rings. The molecule has 2 rings (SSSR count). The monoisotopic (exact) mass is 283 g/mol. The Labute approximate surface area is 119 Å². The topological polar surface area (TPSA) is 52.5 Å². The van der Waals surface area contributed by atoms with Gasteiger partial charge in [0.1, 0.15) is 5.75 Å². The lowest BCUT2D eigenvalue weighted by molar-refractivity contribution is 0.133. The standard InChI is InChI=1S/C15H22ClNO2/c16-14-7-11(5-6-15(14)19)8-17-9-12-3-1-2-4-13(12)10-18/h5-7,12-13,17-19H,1-4,8-10H2. The second-order valence-corrected chi connectivity index (χ2v) is 5.81. The summed E-state index contributed by atoms with van der Waals surface area (Å²) in [5.74, 6) is 1.15. The molecule has 4 heteroatoms. The number of benzene rings is 1. The van der Waals surface area contributed by atoms with E-state index in [9.17, 15) is 10.2 Å². The van der Waals surface area contributed by atoms with Crippen molar-refractivity contribution in [3.63, 3.8) is 0 Å². The fourth-order valence-electron chi connectivity index (χ4n) is 2.86. The summed E-state index contributed by atoms with van der Waals surface area (Å²) in [6, 6.07) is 5.28. The van der Waals surface area contributed by atoms with Crippen molar-refractivity contribution in [2.75, 3.05) is 13.2 Å². The molecule has 0 spiro atoms. The average Bonchev–Trinajstić information content (AvgIpc) is 2.43. The Bertz CT molecular complexity index is 411. The summed E-state index contributed by atoms with van der Waals surface area (Å²) in [4.78, 5) is 0. The van der Waals surface area contributed by atoms with Crippen molar-refractivity contribution in [1.82, 2.24) is 5.32 Å². The molecular weight excluding hydrogens is 262 g/mol. The predicted molar refractivity (Wildman–Crippen MR) is 77.4 cm³/mol. The van der Waals surface area contributed by atoms with Crippen molar-refractivity contribution in [2.45, 2.75) is 32.2 Å². The lowest BCUT2D eigenvalue weighted by atomic mass is 9.79. The van der Waals surface area contributed by atoms with Crippen LogP contribution in [0.2, 0.25) is 5.02 Å². The lowest BCUT2D eigenvalue weighted by Crippen LogP contribution is -2.32. The number of aliphatic hydroxyl groups is 1. The lowest BCUT2D eigenvalue weighted by Gasteiger charge is -2.30. The zero-order chi connectivity index (χ0) is 13.7. The van der Waals surface area contributed by atoms with E-state index in [4.69, 9.17) is 11.6 Å². The first kappa shape index (κ1) is 14.6. The third-order valence-electron chi connectivity index (χ3n) is 4.05. The van der Waals surface area contributed by atoms with E-state index in [0.717, 1.165) is 25.1 Å². The molecule has 0 saturated heterocycles. The SMILES string of the molecule is OCC1CCCCC1CNCc1ccc(O)c(Cl)c1. The first-order valence-electron chi connectivity index (χ1n) is 6.99. The fourth-order valence-corrected chi connectivity index (χ4v) is 3.06. The van der Waals surface area contributed by atoms with Gasteiger partial charge < -0.3 is 15.5 Å². The Balaban J connectivity index is 1.80. The molecule has 106 valence electrons. The van der Waals surface area contributed by atoms with Crippen LogP contribution in [0, 0.1) is 11.8 Å². The van der Waals surface area contributed by atoms with Gasteiger partial charge in [-0.1, -0.05) is 30.5 Å². The molecule has 0 bridgehead atoms. The predicted octanol–water partition coefficient (Wildman–Crippen LogP) is 2.93. The van der Waals surface area contributed by atoms with Gasteiger partial charge in [0.05, 0.1) is 5.02 Å². The molecule has 1 aromatic rings. The molecule has 19 heavy (non-hydrogen) atoms. The van der Waals surface area contributed by atoms with Crippen molar-refractivity contribution in [1.29, 1.82) is 0 Å². The Hall–Kier alpha value is -0.770. The minimum atomic E-state index is 0.123. The van der Waals surface area contributed by atoms with Crippen molar-refractivity contribution < 1.29 is 10.2 Å². The number of aliphatic hydroxyl groups excluding tert-OH is 1. The average molecular weight is 284 g/mol. The van der Waals surface area contributed by atoms with E-state index in [1.54, 1.807) is 12.1 Å². The third kappa shape index (κ3) is 4.10. The Morgan fingerprint density at radius 1 is 1.21 bits per heavy atom. The third-order valence-corrected chi connectivity index (χ3v) is 4.35. The van der Waals surface area contributed by atoms with Gasteiger partial charge in [0.2, 0.25) is 0 Å². The summed E-state index contributed by atoms with van der Waals surface area (Å²) in [5.41, 5.74) is 1.07. The highest BCUT2D eigenvalue weighted by Crippen LogP contribution is 2.29. The van der Waals surface area contributed by atoms with Crippen LogP contribution in [0.3, 0.4) is 0 Å². The van der Waals surface area contributed by atoms with Crippen molar-refractivity contribution in [2.24, 2.45) is 11.8 Å². The van der Waals surface area contributed by atoms with E-state index >= 15 is 0 Å². The number of hydrogen-bond donors (Lipinski definition) is 3. The normalized spacial score (nSPS) is 23.5. The maximum Gasteiger partial charge on any atom is 0.134 e. The molecular formula is C15H22ClNO2. The summed E-state index contributed by atoms with van der Waals surface area (Å²) in [7, 11) is 0. The molecule has 0 aliphatic heterocycles. The van der Waals surface area contributed by atoms with Gasteiger partial charge in [0.25, 0.3) is 0 Å². The second-order valence-electron chi connectivity index (χ2n) is 5.40. The van der Waals surface area contributed by atoms with Gasteiger partial charge in [-0.2, -0.15) is 0 Å². The number of halogens is 1. The molecule has 0 heterocycles. The summed E-state index contributed by atoms with van der Waals surface area (Å²) < 4.78 is 0. The molecule has 3 nitrogen and oxygen atoms in total. The van der Waals surface area contributed by atoms with Crippen molar-refractivity contribution in [3.05, 3.63) is 28.8 Å². The first-order valence-corrected chi connectivity index (χ1v) is 7.37. The zero-order valence-electron chi connectivity index (χ0n) is 11.1. The van der Waals surface area contributed by atoms with Gasteiger partial charge >= 0.3 is 0 Å². The van der Waals surface area contributed by atoms with Gasteiger partial charge in [-0.05, 0) is 48.9 Å². The van der Waals surface area contributed by atoms with Gasteiger partial charge in [0, 0.05) is 13.2 Å². The Kier molecular flexibility index (Phi) is 5.49. The highest BCUT2D eigenvalue weighted by Gasteiger charge is 2.23. The van der Waals surface area contributed by atoms with Crippen LogP contribution in [0.5, 0.6) is 5.75 Å². The summed E-state index contributed by atoms with van der Waals surface area (Å²) >= 11 is 5.88. The minimum Gasteiger partial charge on any atom is -0.506 e. The number of phenolic OH excluding ortho intramolecular Hbond substituents is 1. The van der Waals surface area contributed by atoms with Crippen LogP contribution in [-0.4, -0.2) is 23.4 Å². The first-order chi connectivity index (χ1) is 9.20. The van der Waals surface area contributed by atoms with Crippen LogP contribution >= 0.6 is 11.6 Å². The molecule has 1 saturated carbocycles. The minimum absolute atomic E-state index is 0.123. The second kappa shape index (κ2) is 7.13. The molecule has 2 unspecified atom stereocenters. The van der Waals surface area contributed by atoms with E-state index in [1.807, 2.05) is 6.07 Å². The molecule has 2 atom stereocenters. The molecule has 0 radical (unpaired) electrons. The van der Waals surface area contributed by atoms with Crippen LogP contribution in [-0.2, 0) is 6.54 Å². The number of hydrogen-bond acceptors (Lipinski definition) is 3. The maximum absolute atomic E-state index is 9.37. The van der Waals surface area contributed by atoms with Crippen molar-refractivity contribution >= 4 is 11.6 Å². The van der Waals surface area contributed by atoms with Crippen LogP contribution in [0.15, 0.2) is 18.2 Å². The Morgan fingerprint density at radius 3 is 2.63 bits per heavy atom. The zero-order valence-corrected chi connectivity index (χ0v) is 11.9. The van der Waals surface area contributed by atoms with Crippen LogP contribution < -0.4 is 5.32 Å². The number of aromatic hydroxyl groups is 1. The summed E-state index contributed by atoms with van der Waals surface area (Å²) in [5, 5.41) is 22.6. The van der Waals surface area contributed by atoms with Gasteiger partial charge in [0.15, 0.2) is 0 Å². The van der Waals surface area contributed by atoms with Crippen LogP contribution in [0.25, 0.3) is 0 Å². The van der Waals surface area contributed by atoms with E-state index in [2.05, 4.69) is 5.32 Å². The fraction of sp³-hybridized carbons (Fsp3) is 0.600. The number of nitrogens with one attached hydrogen (secondary N) is 1. The van der Waals surface area contributed by atoms with E-state index in [-0.39, 0.29) is 5.75 Å². The van der Waals surface area contributed by atoms with Gasteiger partial charge in [-0.3, -0.25) is 0 Å². The smallest absolute Gasteiger partial charge is 0.134 e. The quantitative estimate of drug-likeness (QED) is 0.779. The Morgan fingerprint density at radius 2 is 1.95 bits per heavy atom. The molecule has 1 aliphatic carbocycles. The molecule has 0 aromatic heterocycles. The highest BCUT2D eigenvalue weighted by molar-refractivity contribution is 6.32. The molecule has 1 aliphatic rings. The van der Waals surface area contributed by atoms with Crippen LogP contribution in [0.4, 0.5) is 0 Å². The molecule has 0 amide bonds. The summed E-state index contributed by atoms with van der Waals surface area (Å²) in [6.45, 7) is 1.98. The molecule has 3 N–H and O–H groups in total. The summed E-state index contributed by atoms with van der Waals surface area (Å²) in [6.07, 6.45) is 4.87. The number of rotatable bonds is 5. The van der Waals surface area contributed by atoms with Gasteiger partial charge in [-0.15, -0.1) is 0 Å². The highest BCUT2D eigenvalue weighted by atomic mass is 35.5. The van der Waals surface area contributed by atoms with Crippen molar-refractivity contribution in [3.8, 4) is 5.75 Å². The van der Waals surface area contributed by atoms with E-state index < -0.39 is 0 Å². The van der Waals surface area contributed by atoms with Gasteiger partial charge in [-0.25, -0.2) is 0 Å². The van der Waals surface area contributed by atoms with E-state index in [1.165, 1.54) is 19.3 Å². The van der Waals surface area contributed by atoms with Crippen LogP contribution in [0.1, 0.15) is 31.2 Å². The molecule has 1 aromatic carbocycles. The number of phenols is 1.